The van der Waals surface area contributed by atoms with Crippen molar-refractivity contribution in [3.63, 3.8) is 0 Å². The Hall–Kier alpha value is -2.37. The summed E-state index contributed by atoms with van der Waals surface area (Å²) in [5.74, 6) is -1.17. The van der Waals surface area contributed by atoms with E-state index < -0.39 is 12.0 Å². The van der Waals surface area contributed by atoms with E-state index in [9.17, 15) is 14.4 Å². The highest BCUT2D eigenvalue weighted by atomic mass is 16.4. The van der Waals surface area contributed by atoms with Crippen molar-refractivity contribution in [2.75, 3.05) is 20.1 Å². The van der Waals surface area contributed by atoms with Crippen LogP contribution in [0.25, 0.3) is 0 Å². The van der Waals surface area contributed by atoms with E-state index >= 15 is 0 Å². The first-order chi connectivity index (χ1) is 11.0. The highest BCUT2D eigenvalue weighted by Gasteiger charge is 2.35. The molecule has 23 heavy (non-hydrogen) atoms. The van der Waals surface area contributed by atoms with Gasteiger partial charge in [0.2, 0.25) is 11.8 Å². The number of likely N-dealkylation sites (tertiary alicyclic amines) is 1. The Morgan fingerprint density at radius 2 is 1.96 bits per heavy atom. The number of hydrogen-bond donors (Lipinski definition) is 1. The first kappa shape index (κ1) is 17.0. The maximum absolute atomic E-state index is 12.5. The van der Waals surface area contributed by atoms with Crippen molar-refractivity contribution in [2.45, 2.75) is 31.7 Å². The van der Waals surface area contributed by atoms with Crippen LogP contribution in [0.5, 0.6) is 0 Å². The Morgan fingerprint density at radius 3 is 2.61 bits per heavy atom. The average Bonchev–Trinajstić information content (AvgIpc) is 3.02. The molecule has 0 aliphatic carbocycles. The molecule has 6 heteroatoms. The van der Waals surface area contributed by atoms with E-state index in [-0.39, 0.29) is 31.2 Å². The fraction of sp³-hybridized carbons (Fsp3) is 0.471. The van der Waals surface area contributed by atoms with Crippen molar-refractivity contribution < 1.29 is 19.5 Å². The number of aliphatic carboxylic acids is 1. The minimum absolute atomic E-state index is 0.0568. The number of nitrogens with zero attached hydrogens (tertiary/aromatic N) is 2. The van der Waals surface area contributed by atoms with E-state index in [4.69, 9.17) is 5.11 Å². The number of rotatable bonds is 6. The third-order valence-electron chi connectivity index (χ3n) is 4.09. The lowest BCUT2D eigenvalue weighted by Gasteiger charge is -2.28. The van der Waals surface area contributed by atoms with Gasteiger partial charge in [0.15, 0.2) is 0 Å². The molecule has 2 amide bonds. The molecule has 0 spiro atoms. The Morgan fingerprint density at radius 1 is 1.26 bits per heavy atom. The molecule has 1 N–H and O–H groups in total. The summed E-state index contributed by atoms with van der Waals surface area (Å²) in [4.78, 5) is 38.6. The molecule has 0 radical (unpaired) electrons. The van der Waals surface area contributed by atoms with Crippen molar-refractivity contribution in [1.82, 2.24) is 9.80 Å². The molecule has 1 aliphatic heterocycles. The van der Waals surface area contributed by atoms with Crippen molar-refractivity contribution in [3.05, 3.63) is 35.9 Å². The van der Waals surface area contributed by atoms with Crippen molar-refractivity contribution in [3.8, 4) is 0 Å². The van der Waals surface area contributed by atoms with E-state index in [2.05, 4.69) is 0 Å². The van der Waals surface area contributed by atoms with Crippen LogP contribution in [0.15, 0.2) is 30.3 Å². The van der Waals surface area contributed by atoms with Crippen LogP contribution < -0.4 is 0 Å². The molecule has 1 aromatic rings. The molecule has 0 aromatic heterocycles. The molecule has 6 nitrogen and oxygen atoms in total. The topological polar surface area (TPSA) is 77.9 Å². The summed E-state index contributed by atoms with van der Waals surface area (Å²) in [7, 11) is 1.59. The van der Waals surface area contributed by atoms with Gasteiger partial charge in [0.05, 0.1) is 12.8 Å². The maximum atomic E-state index is 12.5. The summed E-state index contributed by atoms with van der Waals surface area (Å²) >= 11 is 0. The van der Waals surface area contributed by atoms with Crippen molar-refractivity contribution in [2.24, 2.45) is 0 Å². The van der Waals surface area contributed by atoms with Crippen LogP contribution >= 0.6 is 0 Å². The van der Waals surface area contributed by atoms with Gasteiger partial charge < -0.3 is 14.9 Å². The van der Waals surface area contributed by atoms with Gasteiger partial charge in [-0.15, -0.1) is 0 Å². The van der Waals surface area contributed by atoms with Gasteiger partial charge in [0.1, 0.15) is 6.04 Å². The predicted octanol–water partition coefficient (Wildman–Crippen LogP) is 1.15. The van der Waals surface area contributed by atoms with Gasteiger partial charge in [-0.3, -0.25) is 14.4 Å². The van der Waals surface area contributed by atoms with Gasteiger partial charge in [-0.2, -0.15) is 0 Å². The number of hydrogen-bond acceptors (Lipinski definition) is 3. The second-order valence-corrected chi connectivity index (χ2v) is 5.81. The van der Waals surface area contributed by atoms with Crippen LogP contribution in [0.4, 0.5) is 0 Å². The Labute approximate surface area is 135 Å². The first-order valence-corrected chi connectivity index (χ1v) is 7.79. The molecule has 124 valence electrons. The zero-order valence-corrected chi connectivity index (χ0v) is 13.3. The summed E-state index contributed by atoms with van der Waals surface area (Å²) in [6.07, 6.45) is 1.62. The largest absolute Gasteiger partial charge is 0.481 e. The summed E-state index contributed by atoms with van der Waals surface area (Å²) < 4.78 is 0. The van der Waals surface area contributed by atoms with Crippen LogP contribution in [-0.4, -0.2) is 58.9 Å². The minimum atomic E-state index is -0.937. The van der Waals surface area contributed by atoms with Gasteiger partial charge in [0, 0.05) is 20.1 Å². The van der Waals surface area contributed by atoms with Crippen LogP contribution in [0.3, 0.4) is 0 Å². The molecule has 2 rings (SSSR count). The fourth-order valence-corrected chi connectivity index (χ4v) is 2.82. The molecule has 1 aliphatic rings. The lowest BCUT2D eigenvalue weighted by atomic mass is 10.1. The molecule has 1 saturated heterocycles. The molecule has 1 aromatic carbocycles. The number of amides is 2. The van der Waals surface area contributed by atoms with E-state index in [0.29, 0.717) is 13.0 Å². The number of carbonyl (C=O) groups is 3. The van der Waals surface area contributed by atoms with Gasteiger partial charge in [-0.1, -0.05) is 30.3 Å². The highest BCUT2D eigenvalue weighted by molar-refractivity contribution is 5.89. The first-order valence-electron chi connectivity index (χ1n) is 7.79. The Kier molecular flexibility index (Phi) is 5.73. The van der Waals surface area contributed by atoms with Crippen molar-refractivity contribution >= 4 is 17.8 Å². The summed E-state index contributed by atoms with van der Waals surface area (Å²) in [5, 5.41) is 8.71. The fourth-order valence-electron chi connectivity index (χ4n) is 2.82. The molecule has 1 heterocycles. The van der Waals surface area contributed by atoms with Gasteiger partial charge in [-0.25, -0.2) is 0 Å². The van der Waals surface area contributed by atoms with Crippen LogP contribution in [-0.2, 0) is 20.8 Å². The normalized spacial score (nSPS) is 17.1. The molecule has 1 unspecified atom stereocenters. The second-order valence-electron chi connectivity index (χ2n) is 5.81. The summed E-state index contributed by atoms with van der Waals surface area (Å²) in [6.45, 7) is 0.736. The summed E-state index contributed by atoms with van der Waals surface area (Å²) in [5.41, 5.74) is 0.926. The molecule has 1 atom stereocenters. The molecular formula is C17H22N2O4. The summed E-state index contributed by atoms with van der Waals surface area (Å²) in [6, 6.07) is 8.98. The Bertz CT molecular complexity index is 573. The maximum Gasteiger partial charge on any atom is 0.305 e. The van der Waals surface area contributed by atoms with E-state index in [1.807, 2.05) is 30.3 Å². The van der Waals surface area contributed by atoms with Crippen LogP contribution in [0.2, 0.25) is 0 Å². The quantitative estimate of drug-likeness (QED) is 0.853. The van der Waals surface area contributed by atoms with E-state index in [1.54, 1.807) is 11.9 Å². The standard InChI is InChI=1S/C17H22N2O4/c1-18(11-9-16(21)22)17(23)14-8-5-10-19(14)15(20)12-13-6-3-2-4-7-13/h2-4,6-7,14H,5,8-12H2,1H3,(H,21,22). The lowest BCUT2D eigenvalue weighted by Crippen LogP contribution is -2.47. The Balaban J connectivity index is 1.97. The van der Waals surface area contributed by atoms with Crippen molar-refractivity contribution in [1.29, 1.82) is 0 Å². The van der Waals surface area contributed by atoms with Gasteiger partial charge >= 0.3 is 5.97 Å². The SMILES string of the molecule is CN(CCC(=O)O)C(=O)C1CCCN1C(=O)Cc1ccccc1. The van der Waals surface area contributed by atoms with Crippen LogP contribution in [0.1, 0.15) is 24.8 Å². The highest BCUT2D eigenvalue weighted by Crippen LogP contribution is 2.20. The lowest BCUT2D eigenvalue weighted by molar-refractivity contribution is -0.144. The molecule has 1 fully saturated rings. The van der Waals surface area contributed by atoms with E-state index in [0.717, 1.165) is 12.0 Å². The van der Waals surface area contributed by atoms with Crippen LogP contribution in [0, 0.1) is 0 Å². The number of benzene rings is 1. The van der Waals surface area contributed by atoms with E-state index in [1.165, 1.54) is 4.90 Å². The molecule has 0 saturated carbocycles. The van der Waals surface area contributed by atoms with Gasteiger partial charge in [-0.05, 0) is 18.4 Å². The zero-order chi connectivity index (χ0) is 16.8. The number of carboxylic acid groups (broad SMARTS) is 1. The number of likely N-dealkylation sites (N-methyl/N-ethyl adjacent to an activating group) is 1. The molecule has 0 bridgehead atoms. The molecular weight excluding hydrogens is 296 g/mol. The average molecular weight is 318 g/mol. The van der Waals surface area contributed by atoms with Gasteiger partial charge in [0.25, 0.3) is 0 Å². The number of carboxylic acids is 1. The zero-order valence-electron chi connectivity index (χ0n) is 13.3. The third kappa shape index (κ3) is 4.55. The second kappa shape index (κ2) is 7.76. The predicted molar refractivity (Wildman–Crippen MR) is 84.8 cm³/mol. The minimum Gasteiger partial charge on any atom is -0.481 e. The number of carbonyl (C=O) groups excluding carboxylic acids is 2. The smallest absolute Gasteiger partial charge is 0.305 e. The monoisotopic (exact) mass is 318 g/mol. The third-order valence-corrected chi connectivity index (χ3v) is 4.09.